The summed E-state index contributed by atoms with van der Waals surface area (Å²) in [6, 6.07) is -1.32. The fraction of sp³-hybridized carbons (Fsp3) is 0.500. The highest BCUT2D eigenvalue weighted by Crippen LogP contribution is 2.36. The van der Waals surface area contributed by atoms with Crippen molar-refractivity contribution in [2.45, 2.75) is 25.3 Å². The van der Waals surface area contributed by atoms with Crippen LogP contribution in [0.2, 0.25) is 0 Å². The van der Waals surface area contributed by atoms with Crippen molar-refractivity contribution >= 4 is 33.6 Å². The van der Waals surface area contributed by atoms with Gasteiger partial charge in [0.2, 0.25) is 5.91 Å². The molecule has 2 amide bonds. The topological polar surface area (TPSA) is 147 Å². The molecule has 1 fully saturated rings. The minimum atomic E-state index is -3.94. The van der Waals surface area contributed by atoms with Gasteiger partial charge in [0.05, 0.1) is 5.75 Å². The van der Waals surface area contributed by atoms with Gasteiger partial charge in [-0.1, -0.05) is 0 Å². The number of nitrogens with one attached hydrogen (secondary N) is 1. The van der Waals surface area contributed by atoms with Crippen molar-refractivity contribution in [2.75, 3.05) is 12.4 Å². The summed E-state index contributed by atoms with van der Waals surface area (Å²) in [5, 5.41) is 10.0. The number of hydrogen-bond donors (Lipinski definition) is 2. The molecule has 10 nitrogen and oxygen atoms in total. The molecule has 0 aromatic rings. The van der Waals surface area contributed by atoms with Crippen LogP contribution in [0.15, 0.2) is 11.3 Å². The molecule has 1 saturated heterocycles. The summed E-state index contributed by atoms with van der Waals surface area (Å²) >= 11 is 0. The maximum atomic E-state index is 12.3. The third-order valence-corrected chi connectivity index (χ3v) is 5.34. The van der Waals surface area contributed by atoms with E-state index in [-0.39, 0.29) is 5.57 Å². The van der Waals surface area contributed by atoms with Gasteiger partial charge in [-0.25, -0.2) is 13.2 Å². The highest BCUT2D eigenvalue weighted by atomic mass is 32.2. The lowest BCUT2D eigenvalue weighted by Crippen LogP contribution is -2.74. The fourth-order valence-corrected chi connectivity index (χ4v) is 4.55. The van der Waals surface area contributed by atoms with E-state index in [0.29, 0.717) is 4.90 Å². The Hall–Kier alpha value is -2.43. The number of β-lactam (4-membered cyclic amide) rings is 1. The number of nitrogens with zero attached hydrogens (tertiary/aromatic N) is 1. The van der Waals surface area contributed by atoms with Gasteiger partial charge in [-0.05, 0) is 0 Å². The molecule has 0 radical (unpaired) electrons. The quantitative estimate of drug-likeness (QED) is 0.438. The molecule has 2 heterocycles. The van der Waals surface area contributed by atoms with Gasteiger partial charge >= 0.3 is 11.9 Å². The van der Waals surface area contributed by atoms with E-state index in [4.69, 9.17) is 0 Å². The van der Waals surface area contributed by atoms with E-state index in [2.05, 4.69) is 10.1 Å². The number of ether oxygens (including phenoxy) is 1. The van der Waals surface area contributed by atoms with Crippen molar-refractivity contribution in [3.63, 3.8) is 0 Å². The Morgan fingerprint density at radius 1 is 1.35 bits per heavy atom. The Morgan fingerprint density at radius 2 is 1.96 bits per heavy atom. The van der Waals surface area contributed by atoms with E-state index in [1.165, 1.54) is 0 Å². The molecule has 0 spiro atoms. The smallest absolute Gasteiger partial charge is 0.352 e. The van der Waals surface area contributed by atoms with Crippen LogP contribution in [-0.4, -0.2) is 66.0 Å². The summed E-state index contributed by atoms with van der Waals surface area (Å²) in [4.78, 5) is 46.0. The van der Waals surface area contributed by atoms with E-state index in [1.54, 1.807) is 0 Å². The van der Waals surface area contributed by atoms with Crippen LogP contribution in [0.4, 0.5) is 0 Å². The van der Waals surface area contributed by atoms with Gasteiger partial charge in [0, 0.05) is 19.4 Å². The first-order valence-electron chi connectivity index (χ1n) is 6.46. The first-order chi connectivity index (χ1) is 10.6. The number of carboxylic acids is 1. The normalized spacial score (nSPS) is 25.3. The maximum absolute atomic E-state index is 12.3. The molecule has 2 rings (SSSR count). The summed E-state index contributed by atoms with van der Waals surface area (Å²) in [7, 11) is -3.94. The van der Waals surface area contributed by atoms with Crippen molar-refractivity contribution < 1.29 is 37.4 Å². The van der Waals surface area contributed by atoms with Gasteiger partial charge < -0.3 is 15.2 Å². The van der Waals surface area contributed by atoms with Crippen LogP contribution in [0, 0.1) is 0 Å². The molecule has 2 N–H and O–H groups in total. The van der Waals surface area contributed by atoms with Gasteiger partial charge in [-0.15, -0.1) is 0 Å². The number of fused-ring (bicyclic) bond motifs is 1. The Bertz CT molecular complexity index is 738. The van der Waals surface area contributed by atoms with Gasteiger partial charge in [0.15, 0.2) is 15.2 Å². The summed E-state index contributed by atoms with van der Waals surface area (Å²) in [5.74, 6) is -4.35. The van der Waals surface area contributed by atoms with Crippen LogP contribution < -0.4 is 5.32 Å². The fourth-order valence-electron chi connectivity index (χ4n) is 2.54. The number of aliphatic carboxylic acids is 1. The number of carbonyl (C=O) groups is 4. The molecule has 23 heavy (non-hydrogen) atoms. The van der Waals surface area contributed by atoms with E-state index in [9.17, 15) is 32.7 Å². The second kappa shape index (κ2) is 5.65. The van der Waals surface area contributed by atoms with Crippen LogP contribution in [0.5, 0.6) is 0 Å². The highest BCUT2D eigenvalue weighted by Gasteiger charge is 2.60. The second-order valence-corrected chi connectivity index (χ2v) is 7.22. The standard InChI is InChI=1S/C12H14N2O8S/c1-5(15)13-8-10(17)14-9(12(18)19)7(3-22-6(2)16)4-23(20,21)11(8)14/h8,11H,3-4H2,1-2H3,(H,13,15)(H,18,19)/t8-,11-/m1/s1. The number of esters is 1. The molecule has 0 aliphatic carbocycles. The molecule has 0 unspecified atom stereocenters. The third-order valence-electron chi connectivity index (χ3n) is 3.37. The summed E-state index contributed by atoms with van der Waals surface area (Å²) < 4.78 is 29.2. The zero-order valence-corrected chi connectivity index (χ0v) is 13.0. The number of carboxylic acid groups (broad SMARTS) is 1. The lowest BCUT2D eigenvalue weighted by molar-refractivity contribution is -0.151. The van der Waals surface area contributed by atoms with Crippen molar-refractivity contribution in [3.8, 4) is 0 Å². The Labute approximate surface area is 131 Å². The highest BCUT2D eigenvalue weighted by molar-refractivity contribution is 7.92. The largest absolute Gasteiger partial charge is 0.477 e. The number of sulfone groups is 1. The van der Waals surface area contributed by atoms with Crippen LogP contribution in [0.3, 0.4) is 0 Å². The Kier molecular flexibility index (Phi) is 4.16. The van der Waals surface area contributed by atoms with Crippen molar-refractivity contribution in [3.05, 3.63) is 11.3 Å². The van der Waals surface area contributed by atoms with Crippen molar-refractivity contribution in [1.82, 2.24) is 10.2 Å². The average Bonchev–Trinajstić information content (AvgIpc) is 2.40. The van der Waals surface area contributed by atoms with E-state index >= 15 is 0 Å². The van der Waals surface area contributed by atoms with E-state index in [0.717, 1.165) is 13.8 Å². The SMILES string of the molecule is CC(=O)N[C@@H]1C(=O)N2C(C(=O)O)=C(COC(C)=O)CS(=O)(=O)[C@H]12. The van der Waals surface area contributed by atoms with Crippen molar-refractivity contribution in [2.24, 2.45) is 0 Å². The van der Waals surface area contributed by atoms with Crippen LogP contribution in [0.1, 0.15) is 13.8 Å². The number of amides is 2. The zero-order chi connectivity index (χ0) is 17.5. The molecular formula is C12H14N2O8S. The monoisotopic (exact) mass is 346 g/mol. The molecule has 11 heteroatoms. The number of hydrogen-bond acceptors (Lipinski definition) is 7. The molecule has 2 aliphatic rings. The average molecular weight is 346 g/mol. The van der Waals surface area contributed by atoms with Gasteiger partial charge in [-0.3, -0.25) is 19.3 Å². The van der Waals surface area contributed by atoms with Gasteiger partial charge in [0.1, 0.15) is 18.3 Å². The zero-order valence-electron chi connectivity index (χ0n) is 12.2. The molecule has 126 valence electrons. The minimum absolute atomic E-state index is 0.196. The lowest BCUT2D eigenvalue weighted by atomic mass is 10.0. The summed E-state index contributed by atoms with van der Waals surface area (Å²) in [5.41, 5.74) is -0.726. The van der Waals surface area contributed by atoms with Gasteiger partial charge in [-0.2, -0.15) is 0 Å². The lowest BCUT2D eigenvalue weighted by Gasteiger charge is -2.48. The van der Waals surface area contributed by atoms with Gasteiger partial charge in [0.25, 0.3) is 5.91 Å². The van der Waals surface area contributed by atoms with Crippen LogP contribution in [-0.2, 0) is 33.8 Å². The molecule has 0 saturated carbocycles. The Morgan fingerprint density at radius 3 is 2.43 bits per heavy atom. The predicted octanol–water partition coefficient (Wildman–Crippen LogP) is -2.01. The predicted molar refractivity (Wildman–Crippen MR) is 73.3 cm³/mol. The first-order valence-corrected chi connectivity index (χ1v) is 8.18. The molecule has 2 atom stereocenters. The number of carbonyl (C=O) groups excluding carboxylic acids is 3. The van der Waals surface area contributed by atoms with Crippen LogP contribution in [0.25, 0.3) is 0 Å². The summed E-state index contributed by atoms with van der Waals surface area (Å²) in [6.07, 6.45) is 0. The maximum Gasteiger partial charge on any atom is 0.352 e. The molecule has 0 aromatic heterocycles. The molecule has 0 aromatic carbocycles. The second-order valence-electron chi connectivity index (χ2n) is 5.12. The molecule has 2 aliphatic heterocycles. The minimum Gasteiger partial charge on any atom is -0.477 e. The third kappa shape index (κ3) is 2.91. The van der Waals surface area contributed by atoms with Crippen molar-refractivity contribution in [1.29, 1.82) is 0 Å². The molecule has 0 bridgehead atoms. The van der Waals surface area contributed by atoms with E-state index in [1.807, 2.05) is 0 Å². The molecular weight excluding hydrogens is 332 g/mol. The summed E-state index contributed by atoms with van der Waals surface area (Å²) in [6.45, 7) is 1.66. The Balaban J connectivity index is 2.44. The van der Waals surface area contributed by atoms with Crippen LogP contribution >= 0.6 is 0 Å². The van der Waals surface area contributed by atoms with E-state index < -0.39 is 63.1 Å². The first kappa shape index (κ1) is 16.9. The number of rotatable bonds is 4.